The predicted octanol–water partition coefficient (Wildman–Crippen LogP) is 6.23. The monoisotopic (exact) mass is 497 g/mol. The average Bonchev–Trinajstić information content (AvgIpc) is 3.24. The van der Waals surface area contributed by atoms with Crippen molar-refractivity contribution in [1.82, 2.24) is 9.97 Å². The molecule has 0 saturated carbocycles. The molecule has 0 spiro atoms. The van der Waals surface area contributed by atoms with Crippen molar-refractivity contribution < 1.29 is 29.3 Å². The largest absolute Gasteiger partial charge is 0.512 e. The van der Waals surface area contributed by atoms with Crippen molar-refractivity contribution in [2.24, 2.45) is 0 Å². The second kappa shape index (κ2) is 10.3. The van der Waals surface area contributed by atoms with Crippen LogP contribution in [-0.4, -0.2) is 38.9 Å². The number of nitrogens with one attached hydrogen (secondary N) is 2. The van der Waals surface area contributed by atoms with E-state index >= 15 is 0 Å². The number of rotatable bonds is 9. The van der Waals surface area contributed by atoms with Gasteiger partial charge in [0.1, 0.15) is 5.75 Å². The molecular weight excluding hydrogens is 474 g/mol. The van der Waals surface area contributed by atoms with Crippen LogP contribution in [0.4, 0.5) is 16.2 Å². The van der Waals surface area contributed by atoms with Gasteiger partial charge in [0, 0.05) is 22.5 Å². The molecule has 3 aromatic carbocycles. The van der Waals surface area contributed by atoms with Crippen molar-refractivity contribution in [2.45, 2.75) is 12.8 Å². The molecule has 0 saturated heterocycles. The van der Waals surface area contributed by atoms with Gasteiger partial charge in [-0.15, -0.1) is 0 Å². The number of anilines is 2. The van der Waals surface area contributed by atoms with Crippen LogP contribution in [0.2, 0.25) is 0 Å². The van der Waals surface area contributed by atoms with Crippen LogP contribution in [0.3, 0.4) is 0 Å². The van der Waals surface area contributed by atoms with E-state index in [1.165, 1.54) is 18.5 Å². The van der Waals surface area contributed by atoms with Gasteiger partial charge in [0.25, 0.3) is 0 Å². The Morgan fingerprint density at radius 3 is 2.54 bits per heavy atom. The number of carbonyl (C=O) groups is 2. The lowest BCUT2D eigenvalue weighted by atomic mass is 10.1. The van der Waals surface area contributed by atoms with E-state index in [2.05, 4.69) is 15.3 Å². The molecule has 0 unspecified atom stereocenters. The molecule has 0 atom stereocenters. The summed E-state index contributed by atoms with van der Waals surface area (Å²) in [5.74, 6) is -0.187. The van der Waals surface area contributed by atoms with Crippen LogP contribution in [0.25, 0.3) is 21.7 Å². The molecule has 5 aromatic rings. The van der Waals surface area contributed by atoms with Crippen LogP contribution in [0.15, 0.2) is 79.1 Å². The number of pyridine rings is 1. The van der Waals surface area contributed by atoms with Crippen molar-refractivity contribution in [3.63, 3.8) is 0 Å². The van der Waals surface area contributed by atoms with E-state index in [1.807, 2.05) is 48.5 Å². The number of hydrogen-bond donors (Lipinski definition) is 4. The van der Waals surface area contributed by atoms with Crippen molar-refractivity contribution in [2.75, 3.05) is 11.9 Å². The maximum Gasteiger partial charge on any atom is 0.512 e. The Morgan fingerprint density at radius 2 is 1.70 bits per heavy atom. The summed E-state index contributed by atoms with van der Waals surface area (Å²) in [7, 11) is 0. The van der Waals surface area contributed by atoms with Gasteiger partial charge in [-0.2, -0.15) is 0 Å². The van der Waals surface area contributed by atoms with Crippen LogP contribution < -0.4 is 14.8 Å². The van der Waals surface area contributed by atoms with Crippen molar-refractivity contribution in [3.05, 3.63) is 90.3 Å². The van der Waals surface area contributed by atoms with E-state index in [1.54, 1.807) is 12.1 Å². The average molecular weight is 498 g/mol. The molecule has 9 heteroatoms. The van der Waals surface area contributed by atoms with E-state index in [0.29, 0.717) is 41.9 Å². The molecule has 0 bridgehead atoms. The highest BCUT2D eigenvalue weighted by atomic mass is 16.7. The molecule has 0 radical (unpaired) electrons. The minimum Gasteiger partial charge on any atom is -0.493 e. The third-order valence-electron chi connectivity index (χ3n) is 5.99. The van der Waals surface area contributed by atoms with Gasteiger partial charge >= 0.3 is 12.1 Å². The van der Waals surface area contributed by atoms with Crippen LogP contribution in [0.5, 0.6) is 11.6 Å². The van der Waals surface area contributed by atoms with Crippen LogP contribution in [-0.2, 0) is 6.42 Å². The van der Waals surface area contributed by atoms with Gasteiger partial charge in [0.2, 0.25) is 5.88 Å². The van der Waals surface area contributed by atoms with Crippen molar-refractivity contribution in [1.29, 1.82) is 0 Å². The highest BCUT2D eigenvalue weighted by Gasteiger charge is 2.19. The Hall–Kier alpha value is -5.05. The van der Waals surface area contributed by atoms with Crippen LogP contribution in [0.1, 0.15) is 22.3 Å². The number of hydrogen-bond acceptors (Lipinski definition) is 6. The smallest absolute Gasteiger partial charge is 0.493 e. The van der Waals surface area contributed by atoms with Crippen molar-refractivity contribution >= 4 is 45.2 Å². The second-order valence-electron chi connectivity index (χ2n) is 8.31. The summed E-state index contributed by atoms with van der Waals surface area (Å²) in [6, 6.07) is 20.7. The quantitative estimate of drug-likeness (QED) is 0.139. The molecule has 2 heterocycles. The summed E-state index contributed by atoms with van der Waals surface area (Å²) in [5.41, 5.74) is 2.20. The fourth-order valence-corrected chi connectivity index (χ4v) is 4.35. The lowest BCUT2D eigenvalue weighted by Crippen LogP contribution is -2.06. The van der Waals surface area contributed by atoms with E-state index in [-0.39, 0.29) is 11.4 Å². The van der Waals surface area contributed by atoms with E-state index in [4.69, 9.17) is 9.47 Å². The number of nitrogens with zero attached hydrogens (tertiary/aromatic N) is 1. The molecule has 4 N–H and O–H groups in total. The summed E-state index contributed by atoms with van der Waals surface area (Å²) in [5, 5.41) is 24.7. The summed E-state index contributed by atoms with van der Waals surface area (Å²) in [4.78, 5) is 30.0. The lowest BCUT2D eigenvalue weighted by Gasteiger charge is -2.10. The first-order valence-corrected chi connectivity index (χ1v) is 11.6. The molecule has 186 valence electrons. The number of carboxylic acid groups (broad SMARTS) is 2. The Labute approximate surface area is 211 Å². The molecule has 0 aliphatic heterocycles. The number of fused-ring (bicyclic) bond motifs is 2. The topological polar surface area (TPSA) is 134 Å². The molecule has 0 fully saturated rings. The third-order valence-corrected chi connectivity index (χ3v) is 5.99. The molecule has 0 amide bonds. The molecule has 0 aliphatic carbocycles. The Kier molecular flexibility index (Phi) is 6.58. The van der Waals surface area contributed by atoms with Gasteiger partial charge in [-0.05, 0) is 36.4 Å². The number of benzene rings is 3. The summed E-state index contributed by atoms with van der Waals surface area (Å²) < 4.78 is 11.1. The zero-order valence-corrected chi connectivity index (χ0v) is 19.6. The van der Waals surface area contributed by atoms with Gasteiger partial charge in [0.05, 0.1) is 35.3 Å². The van der Waals surface area contributed by atoms with Gasteiger partial charge in [-0.1, -0.05) is 48.5 Å². The predicted molar refractivity (Wildman–Crippen MR) is 139 cm³/mol. The molecule has 37 heavy (non-hydrogen) atoms. The van der Waals surface area contributed by atoms with E-state index < -0.39 is 12.1 Å². The Bertz CT molecular complexity index is 1610. The van der Waals surface area contributed by atoms with E-state index in [9.17, 15) is 19.8 Å². The van der Waals surface area contributed by atoms with Crippen LogP contribution >= 0.6 is 0 Å². The SMILES string of the molecule is O=C(O)Oc1[nH]c2c(Nc3cnccc3C(=O)O)cccc2c1CCCOc1cccc2ccccc12. The van der Waals surface area contributed by atoms with Crippen LogP contribution in [0, 0.1) is 0 Å². The molecular formula is C28H23N3O6. The number of para-hydroxylation sites is 1. The molecule has 9 nitrogen and oxygen atoms in total. The summed E-state index contributed by atoms with van der Waals surface area (Å²) >= 11 is 0. The third kappa shape index (κ3) is 5.01. The zero-order chi connectivity index (χ0) is 25.8. The molecule has 2 aromatic heterocycles. The number of aromatic nitrogens is 2. The number of carboxylic acids is 1. The maximum absolute atomic E-state index is 11.6. The standard InChI is InChI=1S/C28H23N3O6/c32-27(33)21-13-14-29-16-23(21)30-22-11-4-9-19-20(26(31-25(19)22)37-28(34)35)10-5-15-36-24-12-3-7-17-6-1-2-8-18(17)24/h1-4,6-9,11-14,16,30-31H,5,10,15H2,(H,32,33)(H,34,35). The van der Waals surface area contributed by atoms with E-state index in [0.717, 1.165) is 21.9 Å². The fourth-order valence-electron chi connectivity index (χ4n) is 4.35. The first kappa shape index (κ1) is 23.7. The Morgan fingerprint density at radius 1 is 0.919 bits per heavy atom. The number of aromatic amines is 1. The fraction of sp³-hybridized carbons (Fsp3) is 0.107. The van der Waals surface area contributed by atoms with Crippen molar-refractivity contribution in [3.8, 4) is 11.6 Å². The number of ether oxygens (including phenoxy) is 2. The number of aromatic carboxylic acids is 1. The first-order valence-electron chi connectivity index (χ1n) is 11.6. The highest BCUT2D eigenvalue weighted by Crippen LogP contribution is 2.35. The minimum atomic E-state index is -1.44. The second-order valence-corrected chi connectivity index (χ2v) is 8.31. The van der Waals surface area contributed by atoms with Gasteiger partial charge in [-0.25, -0.2) is 9.59 Å². The summed E-state index contributed by atoms with van der Waals surface area (Å²) in [6.45, 7) is 0.419. The van der Waals surface area contributed by atoms with Gasteiger partial charge in [0.15, 0.2) is 0 Å². The molecule has 0 aliphatic rings. The number of aryl methyl sites for hydroxylation is 1. The highest BCUT2D eigenvalue weighted by molar-refractivity contribution is 6.00. The molecule has 5 rings (SSSR count). The lowest BCUT2D eigenvalue weighted by molar-refractivity contribution is 0.0697. The summed E-state index contributed by atoms with van der Waals surface area (Å²) in [6.07, 6.45) is 2.49. The van der Waals surface area contributed by atoms with Gasteiger partial charge < -0.3 is 30.0 Å². The number of H-pyrrole nitrogens is 1. The zero-order valence-electron chi connectivity index (χ0n) is 19.6. The normalized spacial score (nSPS) is 10.9. The maximum atomic E-state index is 11.6. The first-order chi connectivity index (χ1) is 18.0. The minimum absolute atomic E-state index is 0.0615. The Balaban J connectivity index is 1.40. The van der Waals surface area contributed by atoms with Gasteiger partial charge in [-0.3, -0.25) is 4.98 Å².